The lowest BCUT2D eigenvalue weighted by molar-refractivity contribution is 0.587. The third-order valence-electron chi connectivity index (χ3n) is 2.67. The molecule has 2 aromatic heterocycles. The Morgan fingerprint density at radius 2 is 2.18 bits per heavy atom. The van der Waals surface area contributed by atoms with Gasteiger partial charge < -0.3 is 5.32 Å². The van der Waals surface area contributed by atoms with Gasteiger partial charge in [0.05, 0.1) is 5.01 Å². The van der Waals surface area contributed by atoms with E-state index in [4.69, 9.17) is 0 Å². The first-order valence-electron chi connectivity index (χ1n) is 5.92. The highest BCUT2D eigenvalue weighted by Crippen LogP contribution is 2.23. The number of nitrogens with one attached hydrogen (secondary N) is 1. The summed E-state index contributed by atoms with van der Waals surface area (Å²) in [6.07, 6.45) is 3.02. The van der Waals surface area contributed by atoms with Gasteiger partial charge in [0.2, 0.25) is 0 Å². The van der Waals surface area contributed by atoms with E-state index in [-0.39, 0.29) is 0 Å². The topological polar surface area (TPSA) is 24.9 Å². The summed E-state index contributed by atoms with van der Waals surface area (Å²) in [6, 6.07) is 4.81. The molecule has 2 aromatic rings. The second-order valence-corrected chi connectivity index (χ2v) is 6.64. The van der Waals surface area contributed by atoms with Crippen LogP contribution in [0.5, 0.6) is 0 Å². The van der Waals surface area contributed by atoms with E-state index in [9.17, 15) is 0 Å². The number of aryl methyl sites for hydroxylation is 2. The molecule has 0 aliphatic rings. The van der Waals surface area contributed by atoms with E-state index in [0.717, 1.165) is 13.0 Å². The Labute approximate surface area is 111 Å². The van der Waals surface area contributed by atoms with Gasteiger partial charge in [0.1, 0.15) is 0 Å². The first-order valence-corrected chi connectivity index (χ1v) is 7.55. The van der Waals surface area contributed by atoms with E-state index in [2.05, 4.69) is 43.2 Å². The van der Waals surface area contributed by atoms with Crippen LogP contribution in [-0.4, -0.2) is 4.98 Å². The molecule has 0 aliphatic carbocycles. The number of hydrogen-bond acceptors (Lipinski definition) is 4. The number of hydrogen-bond donors (Lipinski definition) is 1. The average Bonchev–Trinajstić information content (AvgIpc) is 2.94. The summed E-state index contributed by atoms with van der Waals surface area (Å²) in [7, 11) is 0. The summed E-state index contributed by atoms with van der Waals surface area (Å²) < 4.78 is 0. The summed E-state index contributed by atoms with van der Waals surface area (Å²) in [4.78, 5) is 8.47. The monoisotopic (exact) mass is 266 g/mol. The molecule has 2 nitrogen and oxygen atoms in total. The van der Waals surface area contributed by atoms with Gasteiger partial charge in [0, 0.05) is 33.4 Å². The normalized spacial score (nSPS) is 12.9. The van der Waals surface area contributed by atoms with Gasteiger partial charge in [0.25, 0.3) is 0 Å². The third kappa shape index (κ3) is 3.37. The molecule has 92 valence electrons. The number of aromatic nitrogens is 1. The molecular weight excluding hydrogens is 248 g/mol. The fourth-order valence-electron chi connectivity index (χ4n) is 1.63. The van der Waals surface area contributed by atoms with Gasteiger partial charge in [-0.15, -0.1) is 22.7 Å². The Balaban J connectivity index is 1.89. The van der Waals surface area contributed by atoms with Crippen LogP contribution in [0.4, 0.5) is 0 Å². The molecule has 0 amide bonds. The summed E-state index contributed by atoms with van der Waals surface area (Å²) in [5, 5.41) is 4.77. The van der Waals surface area contributed by atoms with Crippen molar-refractivity contribution >= 4 is 22.7 Å². The molecule has 0 fully saturated rings. The summed E-state index contributed by atoms with van der Waals surface area (Å²) in [6.45, 7) is 7.42. The first-order chi connectivity index (χ1) is 8.19. The van der Waals surface area contributed by atoms with Crippen LogP contribution in [0.25, 0.3) is 0 Å². The molecule has 0 aromatic carbocycles. The van der Waals surface area contributed by atoms with Gasteiger partial charge >= 0.3 is 0 Å². The maximum atomic E-state index is 4.37. The lowest BCUT2D eigenvalue weighted by atomic mass is 10.2. The first kappa shape index (κ1) is 12.7. The summed E-state index contributed by atoms with van der Waals surface area (Å²) in [5.74, 6) is 0. The standard InChI is InChI=1S/C13H18N2S2/c1-4-13-15-8-11(17-13)7-14-10(3)12-6-5-9(2)16-12/h5-6,8,10,14H,4,7H2,1-3H3. The Bertz CT molecular complexity index is 473. The fraction of sp³-hybridized carbons (Fsp3) is 0.462. The van der Waals surface area contributed by atoms with Crippen molar-refractivity contribution in [2.75, 3.05) is 0 Å². The smallest absolute Gasteiger partial charge is 0.0925 e. The molecule has 0 spiro atoms. The highest BCUT2D eigenvalue weighted by molar-refractivity contribution is 7.12. The van der Waals surface area contributed by atoms with Crippen molar-refractivity contribution in [2.45, 2.75) is 39.8 Å². The molecule has 0 aliphatic heterocycles. The van der Waals surface area contributed by atoms with E-state index in [1.807, 2.05) is 17.5 Å². The third-order valence-corrected chi connectivity index (χ3v) is 5.00. The molecule has 2 rings (SSSR count). The zero-order valence-electron chi connectivity index (χ0n) is 10.5. The SMILES string of the molecule is CCc1ncc(CNC(C)c2ccc(C)s2)s1. The molecule has 1 atom stereocenters. The van der Waals surface area contributed by atoms with E-state index in [0.29, 0.717) is 6.04 Å². The lowest BCUT2D eigenvalue weighted by Gasteiger charge is -2.10. The molecule has 0 radical (unpaired) electrons. The van der Waals surface area contributed by atoms with E-state index < -0.39 is 0 Å². The largest absolute Gasteiger partial charge is 0.304 e. The van der Waals surface area contributed by atoms with Crippen LogP contribution < -0.4 is 5.32 Å². The van der Waals surface area contributed by atoms with Crippen LogP contribution >= 0.6 is 22.7 Å². The van der Waals surface area contributed by atoms with Gasteiger partial charge in [-0.05, 0) is 32.4 Å². The highest BCUT2D eigenvalue weighted by Gasteiger charge is 2.08. The zero-order chi connectivity index (χ0) is 12.3. The Hall–Kier alpha value is -0.710. The molecule has 0 saturated heterocycles. The summed E-state index contributed by atoms with van der Waals surface area (Å²) >= 11 is 3.67. The van der Waals surface area contributed by atoms with Gasteiger partial charge in [-0.1, -0.05) is 6.92 Å². The highest BCUT2D eigenvalue weighted by atomic mass is 32.1. The van der Waals surface area contributed by atoms with Crippen molar-refractivity contribution in [3.8, 4) is 0 Å². The quantitative estimate of drug-likeness (QED) is 0.887. The lowest BCUT2D eigenvalue weighted by Crippen LogP contribution is -2.16. The van der Waals surface area contributed by atoms with Crippen molar-refractivity contribution < 1.29 is 0 Å². The second-order valence-electron chi connectivity index (χ2n) is 4.12. The minimum Gasteiger partial charge on any atom is -0.304 e. The van der Waals surface area contributed by atoms with Gasteiger partial charge in [0.15, 0.2) is 0 Å². The minimum absolute atomic E-state index is 0.417. The van der Waals surface area contributed by atoms with Crippen LogP contribution in [-0.2, 0) is 13.0 Å². The van der Waals surface area contributed by atoms with Crippen molar-refractivity contribution in [2.24, 2.45) is 0 Å². The maximum Gasteiger partial charge on any atom is 0.0925 e. The van der Waals surface area contributed by atoms with Crippen molar-refractivity contribution in [1.82, 2.24) is 10.3 Å². The van der Waals surface area contributed by atoms with Crippen LogP contribution in [0.1, 0.15) is 39.5 Å². The summed E-state index contributed by atoms with van der Waals surface area (Å²) in [5.41, 5.74) is 0. The van der Waals surface area contributed by atoms with E-state index in [1.165, 1.54) is 19.6 Å². The number of thiazole rings is 1. The number of thiophene rings is 1. The molecule has 2 heterocycles. The fourth-order valence-corrected chi connectivity index (χ4v) is 3.35. The molecule has 0 bridgehead atoms. The average molecular weight is 266 g/mol. The van der Waals surface area contributed by atoms with Crippen molar-refractivity contribution in [1.29, 1.82) is 0 Å². The van der Waals surface area contributed by atoms with E-state index >= 15 is 0 Å². The predicted octanol–water partition coefficient (Wildman–Crippen LogP) is 3.93. The van der Waals surface area contributed by atoms with Crippen molar-refractivity contribution in [3.05, 3.63) is 38.0 Å². The second kappa shape index (κ2) is 5.76. The Kier molecular flexibility index (Phi) is 4.31. The zero-order valence-corrected chi connectivity index (χ0v) is 12.1. The molecule has 4 heteroatoms. The van der Waals surface area contributed by atoms with Gasteiger partial charge in [-0.2, -0.15) is 0 Å². The Morgan fingerprint density at radius 3 is 2.76 bits per heavy atom. The van der Waals surface area contributed by atoms with Crippen LogP contribution in [0, 0.1) is 6.92 Å². The Morgan fingerprint density at radius 1 is 1.35 bits per heavy atom. The molecule has 17 heavy (non-hydrogen) atoms. The maximum absolute atomic E-state index is 4.37. The molecule has 1 N–H and O–H groups in total. The predicted molar refractivity (Wildman–Crippen MR) is 75.8 cm³/mol. The molecule has 0 saturated carbocycles. The minimum atomic E-state index is 0.417. The van der Waals surface area contributed by atoms with Crippen molar-refractivity contribution in [3.63, 3.8) is 0 Å². The molecular formula is C13H18N2S2. The molecule has 1 unspecified atom stereocenters. The van der Waals surface area contributed by atoms with E-state index in [1.54, 1.807) is 11.3 Å². The van der Waals surface area contributed by atoms with Gasteiger partial charge in [-0.3, -0.25) is 0 Å². The van der Waals surface area contributed by atoms with Crippen LogP contribution in [0.3, 0.4) is 0 Å². The van der Waals surface area contributed by atoms with Gasteiger partial charge in [-0.25, -0.2) is 4.98 Å². The number of nitrogens with zero attached hydrogens (tertiary/aromatic N) is 1. The van der Waals surface area contributed by atoms with Crippen LogP contribution in [0.2, 0.25) is 0 Å². The number of rotatable bonds is 5. The van der Waals surface area contributed by atoms with Crippen LogP contribution in [0.15, 0.2) is 18.3 Å².